The van der Waals surface area contributed by atoms with Crippen LogP contribution in [0.3, 0.4) is 0 Å². The van der Waals surface area contributed by atoms with Crippen molar-refractivity contribution in [2.75, 3.05) is 19.5 Å². The van der Waals surface area contributed by atoms with E-state index in [1.165, 1.54) is 50.1 Å². The minimum atomic E-state index is -1.13. The highest BCUT2D eigenvalue weighted by Crippen LogP contribution is 2.39. The maximum Gasteiger partial charge on any atom is 0.337 e. The summed E-state index contributed by atoms with van der Waals surface area (Å²) in [7, 11) is 2.90. The molecule has 0 saturated carbocycles. The fourth-order valence-electron chi connectivity index (χ4n) is 3.10. The number of benzene rings is 2. The maximum absolute atomic E-state index is 13.4. The normalized spacial score (nSPS) is 10.8. The molecule has 0 amide bonds. The van der Waals surface area contributed by atoms with E-state index in [2.05, 4.69) is 15.3 Å². The summed E-state index contributed by atoms with van der Waals surface area (Å²) < 4.78 is 23.9. The van der Waals surface area contributed by atoms with Crippen LogP contribution in [0.5, 0.6) is 11.5 Å². The Hall–Kier alpha value is -3.72. The topological polar surface area (TPSA) is 93.6 Å². The molecule has 0 spiro atoms. The number of hydrogen-bond acceptors (Lipinski definition) is 7. The third kappa shape index (κ3) is 3.50. The van der Waals surface area contributed by atoms with Gasteiger partial charge in [0.25, 0.3) is 0 Å². The van der Waals surface area contributed by atoms with Crippen molar-refractivity contribution in [2.45, 2.75) is 0 Å². The van der Waals surface area contributed by atoms with Gasteiger partial charge < -0.3 is 19.9 Å². The monoisotopic (exact) mass is 425 g/mol. The van der Waals surface area contributed by atoms with Crippen molar-refractivity contribution in [1.29, 1.82) is 0 Å². The lowest BCUT2D eigenvalue weighted by Crippen LogP contribution is -2.06. The molecule has 0 atom stereocenters. The number of aromatic carboxylic acids is 1. The molecule has 30 heavy (non-hydrogen) atoms. The zero-order chi connectivity index (χ0) is 21.3. The molecule has 2 heterocycles. The van der Waals surface area contributed by atoms with Crippen molar-refractivity contribution < 1.29 is 23.8 Å². The number of nitrogens with one attached hydrogen (secondary N) is 1. The number of halogens is 1. The summed E-state index contributed by atoms with van der Waals surface area (Å²) in [5.74, 6) is -0.359. The molecule has 0 unspecified atom stereocenters. The Morgan fingerprint density at radius 3 is 2.47 bits per heavy atom. The molecule has 0 fully saturated rings. The van der Waals surface area contributed by atoms with Crippen molar-refractivity contribution in [3.63, 3.8) is 0 Å². The van der Waals surface area contributed by atoms with Crippen LogP contribution < -0.4 is 14.8 Å². The van der Waals surface area contributed by atoms with Crippen LogP contribution in [0, 0.1) is 5.82 Å². The molecule has 9 heteroatoms. The number of thiophene rings is 1. The van der Waals surface area contributed by atoms with Gasteiger partial charge in [0.05, 0.1) is 30.9 Å². The molecule has 0 aliphatic heterocycles. The molecule has 152 valence electrons. The second kappa shape index (κ2) is 7.96. The first-order valence-corrected chi connectivity index (χ1v) is 9.64. The molecule has 0 bridgehead atoms. The number of anilines is 2. The van der Waals surface area contributed by atoms with Gasteiger partial charge in [-0.15, -0.1) is 11.3 Å². The van der Waals surface area contributed by atoms with Crippen molar-refractivity contribution in [1.82, 2.24) is 9.97 Å². The van der Waals surface area contributed by atoms with Crippen LogP contribution in [0.4, 0.5) is 15.9 Å². The Morgan fingerprint density at radius 1 is 1.10 bits per heavy atom. The van der Waals surface area contributed by atoms with Gasteiger partial charge in [0.15, 0.2) is 11.5 Å². The smallest absolute Gasteiger partial charge is 0.337 e. The van der Waals surface area contributed by atoms with E-state index in [1.54, 1.807) is 18.2 Å². The summed E-state index contributed by atoms with van der Waals surface area (Å²) in [6.07, 6.45) is 1.40. The van der Waals surface area contributed by atoms with Gasteiger partial charge in [-0.2, -0.15) is 0 Å². The van der Waals surface area contributed by atoms with E-state index in [9.17, 15) is 14.3 Å². The molecule has 4 aromatic rings. The zero-order valence-electron chi connectivity index (χ0n) is 16.0. The van der Waals surface area contributed by atoms with Crippen molar-refractivity contribution in [3.05, 3.63) is 59.5 Å². The number of methoxy groups -OCH3 is 2. The largest absolute Gasteiger partial charge is 0.493 e. The van der Waals surface area contributed by atoms with Crippen LogP contribution in [0.15, 0.2) is 48.1 Å². The number of carboxylic acids is 1. The van der Waals surface area contributed by atoms with Crippen LogP contribution in [0.25, 0.3) is 21.3 Å². The summed E-state index contributed by atoms with van der Waals surface area (Å²) in [6.45, 7) is 0. The van der Waals surface area contributed by atoms with Gasteiger partial charge >= 0.3 is 5.97 Å². The Kier molecular flexibility index (Phi) is 5.20. The van der Waals surface area contributed by atoms with E-state index >= 15 is 0 Å². The number of aromatic nitrogens is 2. The van der Waals surface area contributed by atoms with Gasteiger partial charge in [-0.3, -0.25) is 0 Å². The first kappa shape index (κ1) is 19.6. The van der Waals surface area contributed by atoms with Crippen molar-refractivity contribution >= 4 is 39.0 Å². The molecule has 0 aliphatic rings. The van der Waals surface area contributed by atoms with Gasteiger partial charge in [0.1, 0.15) is 22.8 Å². The Labute approximate surface area is 174 Å². The minimum absolute atomic E-state index is 0.00188. The SMILES string of the molecule is COc1cc(Nc2ncnc3scc(-c4ccc(F)cc4)c23)c(C(=O)O)cc1OC. The van der Waals surface area contributed by atoms with Gasteiger partial charge in [-0.25, -0.2) is 19.2 Å². The van der Waals surface area contributed by atoms with E-state index in [1.807, 2.05) is 5.38 Å². The third-order valence-corrected chi connectivity index (χ3v) is 5.42. The summed E-state index contributed by atoms with van der Waals surface area (Å²) in [5.41, 5.74) is 1.90. The second-order valence-corrected chi connectivity index (χ2v) is 7.10. The van der Waals surface area contributed by atoms with Crippen LogP contribution >= 0.6 is 11.3 Å². The Bertz CT molecular complexity index is 1240. The highest BCUT2D eigenvalue weighted by atomic mass is 32.1. The summed E-state index contributed by atoms with van der Waals surface area (Å²) >= 11 is 1.42. The van der Waals surface area contributed by atoms with Crippen LogP contribution in [0.2, 0.25) is 0 Å². The highest BCUT2D eigenvalue weighted by molar-refractivity contribution is 7.17. The van der Waals surface area contributed by atoms with E-state index in [0.29, 0.717) is 27.5 Å². The average Bonchev–Trinajstić information content (AvgIpc) is 3.19. The van der Waals surface area contributed by atoms with Gasteiger partial charge in [-0.1, -0.05) is 12.1 Å². The fourth-order valence-corrected chi connectivity index (χ4v) is 4.01. The zero-order valence-corrected chi connectivity index (χ0v) is 16.8. The molecule has 0 aliphatic carbocycles. The lowest BCUT2D eigenvalue weighted by atomic mass is 10.1. The highest BCUT2D eigenvalue weighted by Gasteiger charge is 2.19. The first-order valence-electron chi connectivity index (χ1n) is 8.76. The average molecular weight is 425 g/mol. The Balaban J connectivity index is 1.86. The summed E-state index contributed by atoms with van der Waals surface area (Å²) in [4.78, 5) is 21.1. The molecule has 2 N–H and O–H groups in total. The van der Waals surface area contributed by atoms with Gasteiger partial charge in [-0.05, 0) is 17.7 Å². The minimum Gasteiger partial charge on any atom is -0.493 e. The number of carboxylic acid groups (broad SMARTS) is 1. The van der Waals surface area contributed by atoms with E-state index in [0.717, 1.165) is 11.1 Å². The van der Waals surface area contributed by atoms with Gasteiger partial charge in [0.2, 0.25) is 0 Å². The number of hydrogen-bond donors (Lipinski definition) is 2. The standard InChI is InChI=1S/C21H16FN3O4S/c1-28-16-7-13(21(26)27)15(8-17(16)29-2)25-19-18-14(9-30-20(18)24-10-23-19)11-3-5-12(22)6-4-11/h3-10H,1-2H3,(H,26,27)(H,23,24,25). The van der Waals surface area contributed by atoms with Gasteiger partial charge in [0, 0.05) is 23.1 Å². The summed E-state index contributed by atoms with van der Waals surface area (Å²) in [6, 6.07) is 9.04. The first-order chi connectivity index (χ1) is 14.5. The molecule has 7 nitrogen and oxygen atoms in total. The number of rotatable bonds is 6. The van der Waals surface area contributed by atoms with Crippen LogP contribution in [0.1, 0.15) is 10.4 Å². The quantitative estimate of drug-likeness (QED) is 0.451. The molecule has 2 aromatic heterocycles. The number of carbonyl (C=O) groups is 1. The van der Waals surface area contributed by atoms with Crippen molar-refractivity contribution in [2.24, 2.45) is 0 Å². The summed E-state index contributed by atoms with van der Waals surface area (Å²) in [5, 5.41) is 15.4. The van der Waals surface area contributed by atoms with E-state index in [4.69, 9.17) is 9.47 Å². The maximum atomic E-state index is 13.4. The molecule has 0 radical (unpaired) electrons. The molecule has 2 aromatic carbocycles. The van der Waals surface area contributed by atoms with E-state index in [-0.39, 0.29) is 17.1 Å². The molecular weight excluding hydrogens is 409 g/mol. The third-order valence-electron chi connectivity index (χ3n) is 4.53. The molecular formula is C21H16FN3O4S. The fraction of sp³-hybridized carbons (Fsp3) is 0.0952. The molecule has 4 rings (SSSR count). The van der Waals surface area contributed by atoms with Crippen LogP contribution in [-0.2, 0) is 0 Å². The van der Waals surface area contributed by atoms with Crippen LogP contribution in [-0.4, -0.2) is 35.3 Å². The predicted molar refractivity (Wildman–Crippen MR) is 113 cm³/mol. The second-order valence-electron chi connectivity index (χ2n) is 6.24. The lowest BCUT2D eigenvalue weighted by Gasteiger charge is -2.15. The van der Waals surface area contributed by atoms with Crippen molar-refractivity contribution in [3.8, 4) is 22.6 Å². The lowest BCUT2D eigenvalue weighted by molar-refractivity contribution is 0.0697. The molecule has 0 saturated heterocycles. The number of nitrogens with zero attached hydrogens (tertiary/aromatic N) is 2. The Morgan fingerprint density at radius 2 is 1.80 bits per heavy atom. The number of fused-ring (bicyclic) bond motifs is 1. The van der Waals surface area contributed by atoms with E-state index < -0.39 is 5.97 Å². The number of ether oxygens (including phenoxy) is 2. The predicted octanol–water partition coefficient (Wildman–Crippen LogP) is 4.96.